The van der Waals surface area contributed by atoms with E-state index < -0.39 is 10.2 Å². The summed E-state index contributed by atoms with van der Waals surface area (Å²) in [6.45, 7) is 0.650. The van der Waals surface area contributed by atoms with Crippen LogP contribution in [-0.4, -0.2) is 43.8 Å². The Bertz CT molecular complexity index is 840. The molecule has 7 nitrogen and oxygen atoms in total. The molecule has 0 saturated carbocycles. The van der Waals surface area contributed by atoms with E-state index in [9.17, 15) is 13.2 Å². The van der Waals surface area contributed by atoms with E-state index in [-0.39, 0.29) is 11.8 Å². The Hall–Kier alpha value is -2.19. The van der Waals surface area contributed by atoms with Gasteiger partial charge in [-0.25, -0.2) is 0 Å². The molecule has 1 amide bonds. The molecule has 128 valence electrons. The second-order valence-corrected chi connectivity index (χ2v) is 7.45. The van der Waals surface area contributed by atoms with Gasteiger partial charge in [0.2, 0.25) is 5.91 Å². The second kappa shape index (κ2) is 6.74. The van der Waals surface area contributed by atoms with Gasteiger partial charge in [-0.3, -0.25) is 14.5 Å². The van der Waals surface area contributed by atoms with Gasteiger partial charge in [-0.2, -0.15) is 12.7 Å². The fourth-order valence-electron chi connectivity index (χ4n) is 2.95. The number of piperidine rings is 1. The van der Waals surface area contributed by atoms with Crippen molar-refractivity contribution in [1.29, 1.82) is 0 Å². The molecular formula is C16H20N4O3S. The first-order valence-corrected chi connectivity index (χ1v) is 9.28. The first kappa shape index (κ1) is 16.7. The molecule has 1 aromatic carbocycles. The number of aromatic nitrogens is 1. The summed E-state index contributed by atoms with van der Waals surface area (Å²) in [4.78, 5) is 15.9. The number of fused-ring (bicyclic) bond motifs is 1. The summed E-state index contributed by atoms with van der Waals surface area (Å²) in [7, 11) is -2.07. The summed E-state index contributed by atoms with van der Waals surface area (Å²) in [6, 6.07) is 9.07. The van der Waals surface area contributed by atoms with Crippen LogP contribution in [0, 0.1) is 5.92 Å². The first-order valence-electron chi connectivity index (χ1n) is 7.84. The molecule has 0 radical (unpaired) electrons. The van der Waals surface area contributed by atoms with E-state index in [4.69, 9.17) is 0 Å². The summed E-state index contributed by atoms with van der Waals surface area (Å²) in [5.41, 5.74) is 1.07. The lowest BCUT2D eigenvalue weighted by Crippen LogP contribution is -2.44. The Morgan fingerprint density at radius 1 is 1.21 bits per heavy atom. The summed E-state index contributed by atoms with van der Waals surface area (Å²) < 4.78 is 29.3. The Balaban J connectivity index is 1.76. The molecule has 1 aromatic heterocycles. The second-order valence-electron chi connectivity index (χ2n) is 5.78. The molecule has 0 unspecified atom stereocenters. The van der Waals surface area contributed by atoms with Gasteiger partial charge in [-0.05, 0) is 25.0 Å². The third-order valence-electron chi connectivity index (χ3n) is 4.28. The molecule has 24 heavy (non-hydrogen) atoms. The predicted octanol–water partition coefficient (Wildman–Crippen LogP) is 1.35. The molecule has 2 N–H and O–H groups in total. The zero-order valence-electron chi connectivity index (χ0n) is 13.4. The normalized spacial score (nSPS) is 16.9. The summed E-state index contributed by atoms with van der Waals surface area (Å²) in [5.74, 6) is -0.154. The molecule has 1 aliphatic heterocycles. The highest BCUT2D eigenvalue weighted by molar-refractivity contribution is 7.90. The topological polar surface area (TPSA) is 91.4 Å². The Labute approximate surface area is 141 Å². The van der Waals surface area contributed by atoms with Crippen molar-refractivity contribution in [2.45, 2.75) is 12.8 Å². The zero-order chi connectivity index (χ0) is 17.2. The minimum absolute atomic E-state index is 0.0294. The van der Waals surface area contributed by atoms with Gasteiger partial charge in [0, 0.05) is 37.6 Å². The number of anilines is 1. The predicted molar refractivity (Wildman–Crippen MR) is 92.6 cm³/mol. The average Bonchev–Trinajstić information content (AvgIpc) is 2.61. The number of hydrogen-bond donors (Lipinski definition) is 2. The summed E-state index contributed by atoms with van der Waals surface area (Å²) >= 11 is 0. The van der Waals surface area contributed by atoms with Crippen molar-refractivity contribution in [2.75, 3.05) is 24.9 Å². The van der Waals surface area contributed by atoms with Crippen LogP contribution in [-0.2, 0) is 15.0 Å². The molecule has 3 rings (SSSR count). The Morgan fingerprint density at radius 3 is 2.62 bits per heavy atom. The van der Waals surface area contributed by atoms with Gasteiger partial charge in [-0.15, -0.1) is 0 Å². The molecule has 0 spiro atoms. The van der Waals surface area contributed by atoms with Crippen LogP contribution in [0.4, 0.5) is 5.69 Å². The van der Waals surface area contributed by atoms with Gasteiger partial charge in [-0.1, -0.05) is 18.2 Å². The Morgan fingerprint density at radius 2 is 1.92 bits per heavy atom. The van der Waals surface area contributed by atoms with E-state index in [1.54, 1.807) is 25.4 Å². The van der Waals surface area contributed by atoms with E-state index >= 15 is 0 Å². The maximum Gasteiger partial charge on any atom is 0.301 e. The molecule has 0 aliphatic carbocycles. The van der Waals surface area contributed by atoms with Crippen LogP contribution >= 0.6 is 0 Å². The average molecular weight is 348 g/mol. The van der Waals surface area contributed by atoms with E-state index in [0.717, 1.165) is 5.39 Å². The van der Waals surface area contributed by atoms with E-state index in [2.05, 4.69) is 15.0 Å². The molecule has 2 heterocycles. The monoisotopic (exact) mass is 348 g/mol. The lowest BCUT2D eigenvalue weighted by atomic mass is 9.97. The number of pyridine rings is 1. The molecular weight excluding hydrogens is 328 g/mol. The van der Waals surface area contributed by atoms with Crippen LogP contribution in [0.25, 0.3) is 10.9 Å². The number of para-hydroxylation sites is 1. The van der Waals surface area contributed by atoms with Crippen LogP contribution in [0.5, 0.6) is 0 Å². The number of carbonyl (C=O) groups is 1. The van der Waals surface area contributed by atoms with Gasteiger partial charge in [0.25, 0.3) is 0 Å². The highest BCUT2D eigenvalue weighted by Gasteiger charge is 2.31. The third kappa shape index (κ3) is 3.34. The van der Waals surface area contributed by atoms with Crippen molar-refractivity contribution in [2.24, 2.45) is 5.92 Å². The van der Waals surface area contributed by atoms with E-state index in [0.29, 0.717) is 37.1 Å². The molecule has 0 bridgehead atoms. The van der Waals surface area contributed by atoms with E-state index in [1.807, 2.05) is 18.2 Å². The highest BCUT2D eigenvalue weighted by atomic mass is 32.2. The van der Waals surface area contributed by atoms with Gasteiger partial charge in [0.15, 0.2) is 0 Å². The quantitative estimate of drug-likeness (QED) is 0.872. The van der Waals surface area contributed by atoms with Crippen LogP contribution in [0.2, 0.25) is 0 Å². The van der Waals surface area contributed by atoms with Crippen molar-refractivity contribution in [3.05, 3.63) is 36.5 Å². The highest BCUT2D eigenvalue weighted by Crippen LogP contribution is 2.25. The summed E-state index contributed by atoms with van der Waals surface area (Å²) in [6.07, 6.45) is 2.68. The molecule has 1 fully saturated rings. The number of carbonyl (C=O) groups excluding carboxylic acids is 1. The van der Waals surface area contributed by atoms with Crippen LogP contribution in [0.15, 0.2) is 36.5 Å². The minimum Gasteiger partial charge on any atom is -0.359 e. The van der Waals surface area contributed by atoms with Crippen molar-refractivity contribution < 1.29 is 13.2 Å². The third-order valence-corrected chi connectivity index (χ3v) is 5.81. The maximum atomic E-state index is 12.6. The SMILES string of the molecule is CNC(=O)C1CCN(S(=O)(=O)Nc2cccc3cccnc23)CC1. The lowest BCUT2D eigenvalue weighted by molar-refractivity contribution is -0.125. The molecule has 2 aromatic rings. The van der Waals surface area contributed by atoms with Crippen LogP contribution in [0.3, 0.4) is 0 Å². The van der Waals surface area contributed by atoms with Crippen molar-refractivity contribution in [3.63, 3.8) is 0 Å². The maximum absolute atomic E-state index is 12.6. The number of nitrogens with one attached hydrogen (secondary N) is 2. The number of nitrogens with zero attached hydrogens (tertiary/aromatic N) is 2. The molecule has 1 aliphatic rings. The number of benzene rings is 1. The van der Waals surface area contributed by atoms with Crippen molar-refractivity contribution in [1.82, 2.24) is 14.6 Å². The Kier molecular flexibility index (Phi) is 4.68. The summed E-state index contributed by atoms with van der Waals surface area (Å²) in [5, 5.41) is 3.49. The fourth-order valence-corrected chi connectivity index (χ4v) is 4.22. The first-order chi connectivity index (χ1) is 11.5. The molecule has 1 saturated heterocycles. The standard InChI is InChI=1S/C16H20N4O3S/c1-17-16(21)13-7-10-20(11-8-13)24(22,23)19-14-6-2-4-12-5-3-9-18-15(12)14/h2-6,9,13,19H,7-8,10-11H2,1H3,(H,17,21). The lowest BCUT2D eigenvalue weighted by Gasteiger charge is -2.30. The van der Waals surface area contributed by atoms with Crippen molar-refractivity contribution >= 4 is 32.7 Å². The van der Waals surface area contributed by atoms with Gasteiger partial charge in [0.05, 0.1) is 11.2 Å². The number of amides is 1. The minimum atomic E-state index is -3.67. The molecule has 0 atom stereocenters. The fraction of sp³-hybridized carbons (Fsp3) is 0.375. The largest absolute Gasteiger partial charge is 0.359 e. The van der Waals surface area contributed by atoms with Crippen LogP contribution < -0.4 is 10.0 Å². The molecule has 8 heteroatoms. The van der Waals surface area contributed by atoms with Gasteiger partial charge in [0.1, 0.15) is 0 Å². The van der Waals surface area contributed by atoms with Crippen molar-refractivity contribution in [3.8, 4) is 0 Å². The number of rotatable bonds is 4. The van der Waals surface area contributed by atoms with Crippen LogP contribution in [0.1, 0.15) is 12.8 Å². The smallest absolute Gasteiger partial charge is 0.301 e. The number of hydrogen-bond acceptors (Lipinski definition) is 4. The van der Waals surface area contributed by atoms with E-state index in [1.165, 1.54) is 4.31 Å². The van der Waals surface area contributed by atoms with Gasteiger partial charge < -0.3 is 5.32 Å². The zero-order valence-corrected chi connectivity index (χ0v) is 14.2. The van der Waals surface area contributed by atoms with Gasteiger partial charge >= 0.3 is 10.2 Å².